The van der Waals surface area contributed by atoms with Crippen LogP contribution in [0.25, 0.3) is 0 Å². The molecule has 3 rings (SSSR count). The number of aromatic nitrogens is 2. The molecule has 0 atom stereocenters. The lowest BCUT2D eigenvalue weighted by Gasteiger charge is -2.19. The molecule has 2 nitrogen and oxygen atoms in total. The lowest BCUT2D eigenvalue weighted by molar-refractivity contribution is 0.541. The third kappa shape index (κ3) is 4.66. The average Bonchev–Trinajstić information content (AvgIpc) is 3.01. The van der Waals surface area contributed by atoms with E-state index in [-0.39, 0.29) is 5.92 Å². The summed E-state index contributed by atoms with van der Waals surface area (Å²) in [7, 11) is 0. The van der Waals surface area contributed by atoms with Crippen LogP contribution < -0.4 is 0 Å². The van der Waals surface area contributed by atoms with Crippen LogP contribution in [0, 0.1) is 11.8 Å². The van der Waals surface area contributed by atoms with E-state index >= 15 is 0 Å². The van der Waals surface area contributed by atoms with Gasteiger partial charge in [0.05, 0.1) is 0 Å². The molecule has 0 spiro atoms. The number of rotatable bonds is 3. The monoisotopic (exact) mass is 292 g/mol. The van der Waals surface area contributed by atoms with E-state index in [4.69, 9.17) is 0 Å². The van der Waals surface area contributed by atoms with Crippen molar-refractivity contribution in [2.24, 2.45) is 11.8 Å². The van der Waals surface area contributed by atoms with Crippen molar-refractivity contribution in [1.29, 1.82) is 0 Å². The summed E-state index contributed by atoms with van der Waals surface area (Å²) < 4.78 is 0. The zero-order chi connectivity index (χ0) is 15.8. The Morgan fingerprint density at radius 3 is 1.59 bits per heavy atom. The predicted octanol–water partition coefficient (Wildman–Crippen LogP) is 5.01. The Hall–Kier alpha value is -2.22. The first kappa shape index (κ1) is 16.2. The van der Waals surface area contributed by atoms with Gasteiger partial charge >= 0.3 is 0 Å². The zero-order valence-electron chi connectivity index (χ0n) is 13.6. The van der Waals surface area contributed by atoms with Gasteiger partial charge in [-0.15, -0.1) is 0 Å². The van der Waals surface area contributed by atoms with Crippen molar-refractivity contribution < 1.29 is 0 Å². The maximum Gasteiger partial charge on any atom is 0.0496 e. The SMILES string of the molecule is CC(C)C(c1ccccn1)c1ccccn1.CC1C=CC=C1. The smallest absolute Gasteiger partial charge is 0.0496 e. The van der Waals surface area contributed by atoms with Crippen LogP contribution in [0.1, 0.15) is 38.1 Å². The van der Waals surface area contributed by atoms with Gasteiger partial charge in [-0.3, -0.25) is 9.97 Å². The molecule has 0 aliphatic heterocycles. The molecule has 2 aromatic rings. The molecule has 2 heteroatoms. The molecule has 0 unspecified atom stereocenters. The number of hydrogen-bond acceptors (Lipinski definition) is 2. The zero-order valence-corrected chi connectivity index (χ0v) is 13.6. The molecule has 22 heavy (non-hydrogen) atoms. The fraction of sp³-hybridized carbons (Fsp3) is 0.300. The third-order valence-corrected chi connectivity index (χ3v) is 3.62. The molecule has 0 bridgehead atoms. The summed E-state index contributed by atoms with van der Waals surface area (Å²) in [6, 6.07) is 12.1. The molecule has 0 fully saturated rings. The minimum atomic E-state index is 0.280. The molecular weight excluding hydrogens is 268 g/mol. The lowest BCUT2D eigenvalue weighted by Crippen LogP contribution is -2.11. The molecule has 0 amide bonds. The number of allylic oxidation sites excluding steroid dienone is 4. The van der Waals surface area contributed by atoms with Crippen molar-refractivity contribution in [1.82, 2.24) is 9.97 Å². The van der Waals surface area contributed by atoms with Gasteiger partial charge in [0.2, 0.25) is 0 Å². The molecule has 0 N–H and O–H groups in total. The van der Waals surface area contributed by atoms with E-state index in [1.165, 1.54) is 0 Å². The second kappa shape index (κ2) is 8.28. The van der Waals surface area contributed by atoms with Crippen molar-refractivity contribution in [3.05, 3.63) is 84.5 Å². The van der Waals surface area contributed by atoms with Crippen molar-refractivity contribution in [3.8, 4) is 0 Å². The summed E-state index contributed by atoms with van der Waals surface area (Å²) in [5.41, 5.74) is 2.19. The largest absolute Gasteiger partial charge is 0.261 e. The molecule has 1 aliphatic rings. The Bertz CT molecular complexity index is 549. The highest BCUT2D eigenvalue weighted by Gasteiger charge is 2.19. The highest BCUT2D eigenvalue weighted by molar-refractivity contribution is 5.23. The van der Waals surface area contributed by atoms with E-state index in [0.717, 1.165) is 11.4 Å². The van der Waals surface area contributed by atoms with Crippen LogP contribution in [0.3, 0.4) is 0 Å². The van der Waals surface area contributed by atoms with Crippen LogP contribution in [0.15, 0.2) is 73.1 Å². The second-order valence-corrected chi connectivity index (χ2v) is 5.86. The summed E-state index contributed by atoms with van der Waals surface area (Å²) in [5.74, 6) is 1.46. The minimum Gasteiger partial charge on any atom is -0.261 e. The van der Waals surface area contributed by atoms with E-state index < -0.39 is 0 Å². The van der Waals surface area contributed by atoms with Gasteiger partial charge in [0.15, 0.2) is 0 Å². The van der Waals surface area contributed by atoms with E-state index in [1.807, 2.05) is 36.7 Å². The Kier molecular flexibility index (Phi) is 6.08. The fourth-order valence-corrected chi connectivity index (χ4v) is 2.50. The van der Waals surface area contributed by atoms with Crippen molar-refractivity contribution in [2.45, 2.75) is 26.7 Å². The summed E-state index contributed by atoms with van der Waals surface area (Å²) in [4.78, 5) is 8.87. The van der Waals surface area contributed by atoms with Gasteiger partial charge in [0.25, 0.3) is 0 Å². The third-order valence-electron chi connectivity index (χ3n) is 3.62. The first-order valence-electron chi connectivity index (χ1n) is 7.85. The van der Waals surface area contributed by atoms with Crippen molar-refractivity contribution in [3.63, 3.8) is 0 Å². The highest BCUT2D eigenvalue weighted by Crippen LogP contribution is 2.28. The van der Waals surface area contributed by atoms with Crippen LogP contribution in [0.5, 0.6) is 0 Å². The van der Waals surface area contributed by atoms with Gasteiger partial charge in [-0.05, 0) is 36.1 Å². The summed E-state index contributed by atoms with van der Waals surface area (Å²) in [6.07, 6.45) is 12.2. The average molecular weight is 292 g/mol. The first-order valence-corrected chi connectivity index (χ1v) is 7.85. The standard InChI is InChI=1S/C14H16N2.C6H8/c1-11(2)14(12-7-3-5-9-15-12)13-8-4-6-10-16-13;1-6-4-2-3-5-6/h3-11,14H,1-2H3;2-6H,1H3. The van der Waals surface area contributed by atoms with Crippen molar-refractivity contribution >= 4 is 0 Å². The van der Waals surface area contributed by atoms with Gasteiger partial charge < -0.3 is 0 Å². The molecule has 0 aromatic carbocycles. The van der Waals surface area contributed by atoms with Gasteiger partial charge in [0.1, 0.15) is 0 Å². The maximum atomic E-state index is 4.44. The van der Waals surface area contributed by atoms with E-state index in [2.05, 4.69) is 67.2 Å². The topological polar surface area (TPSA) is 25.8 Å². The van der Waals surface area contributed by atoms with E-state index in [9.17, 15) is 0 Å². The molecule has 0 radical (unpaired) electrons. The Balaban J connectivity index is 0.000000246. The molecule has 114 valence electrons. The van der Waals surface area contributed by atoms with Crippen LogP contribution in [0.2, 0.25) is 0 Å². The first-order chi connectivity index (χ1) is 10.7. The van der Waals surface area contributed by atoms with Crippen LogP contribution >= 0.6 is 0 Å². The Labute approximate surface area is 133 Å². The second-order valence-electron chi connectivity index (χ2n) is 5.86. The van der Waals surface area contributed by atoms with Gasteiger partial charge in [0, 0.05) is 29.7 Å². The molecular formula is C20H24N2. The maximum absolute atomic E-state index is 4.44. The van der Waals surface area contributed by atoms with E-state index in [1.54, 1.807) is 0 Å². The normalized spacial score (nSPS) is 13.5. The number of pyridine rings is 2. The van der Waals surface area contributed by atoms with Gasteiger partial charge in [-0.1, -0.05) is 57.2 Å². The molecule has 1 aliphatic carbocycles. The number of nitrogens with zero attached hydrogens (tertiary/aromatic N) is 2. The molecule has 2 aromatic heterocycles. The van der Waals surface area contributed by atoms with Crippen molar-refractivity contribution in [2.75, 3.05) is 0 Å². The van der Waals surface area contributed by atoms with Gasteiger partial charge in [-0.25, -0.2) is 0 Å². The van der Waals surface area contributed by atoms with Gasteiger partial charge in [-0.2, -0.15) is 0 Å². The molecule has 0 saturated carbocycles. The highest BCUT2D eigenvalue weighted by atomic mass is 14.7. The fourth-order valence-electron chi connectivity index (χ4n) is 2.50. The quantitative estimate of drug-likeness (QED) is 0.794. The molecule has 2 heterocycles. The van der Waals surface area contributed by atoms with Crippen LogP contribution in [0.4, 0.5) is 0 Å². The Morgan fingerprint density at radius 2 is 1.32 bits per heavy atom. The van der Waals surface area contributed by atoms with Crippen LogP contribution in [-0.4, -0.2) is 9.97 Å². The van der Waals surface area contributed by atoms with E-state index in [0.29, 0.717) is 11.8 Å². The van der Waals surface area contributed by atoms with Crippen LogP contribution in [-0.2, 0) is 0 Å². The molecule has 0 saturated heterocycles. The minimum absolute atomic E-state index is 0.280. The summed E-state index contributed by atoms with van der Waals surface area (Å²) in [5, 5.41) is 0. The summed E-state index contributed by atoms with van der Waals surface area (Å²) >= 11 is 0. The summed E-state index contributed by atoms with van der Waals surface area (Å²) in [6.45, 7) is 6.57. The lowest BCUT2D eigenvalue weighted by atomic mass is 9.88. The predicted molar refractivity (Wildman–Crippen MR) is 92.6 cm³/mol. The number of hydrogen-bond donors (Lipinski definition) is 0. The Morgan fingerprint density at radius 1 is 0.818 bits per heavy atom.